The zero-order valence-corrected chi connectivity index (χ0v) is 13.7. The van der Waals surface area contributed by atoms with Gasteiger partial charge in [0.25, 0.3) is 0 Å². The van der Waals surface area contributed by atoms with E-state index in [0.29, 0.717) is 13.1 Å². The molecule has 1 aliphatic rings. The van der Waals surface area contributed by atoms with Gasteiger partial charge >= 0.3 is 11.9 Å². The predicted octanol–water partition coefficient (Wildman–Crippen LogP) is 4.14. The van der Waals surface area contributed by atoms with E-state index in [1.165, 1.54) is 18.5 Å². The fraction of sp³-hybridized carbons (Fsp3) is 0.375. The third-order valence-electron chi connectivity index (χ3n) is 4.09. The van der Waals surface area contributed by atoms with E-state index in [-0.39, 0.29) is 23.0 Å². The molecule has 0 unspecified atom stereocenters. The number of aromatic nitrogens is 2. The highest BCUT2D eigenvalue weighted by Crippen LogP contribution is 2.36. The Morgan fingerprint density at radius 3 is 2.54 bits per heavy atom. The van der Waals surface area contributed by atoms with Crippen LogP contribution in [0, 0.1) is 10.1 Å². The molecule has 0 aliphatic carbocycles. The highest BCUT2D eigenvalue weighted by Gasteiger charge is 2.31. The number of hydrogen-bond acceptors (Lipinski definition) is 6. The molecule has 1 N–H and O–H groups in total. The SMILES string of the molecule is O=[N+]([O-])c1c(Nc2cccc(C(F)(F)F)c2)ncnc1N1CCCCC1. The van der Waals surface area contributed by atoms with Crippen molar-refractivity contribution in [2.75, 3.05) is 23.3 Å². The highest BCUT2D eigenvalue weighted by atomic mass is 19.4. The Morgan fingerprint density at radius 1 is 1.15 bits per heavy atom. The first kappa shape index (κ1) is 17.9. The second-order valence-corrected chi connectivity index (χ2v) is 5.90. The summed E-state index contributed by atoms with van der Waals surface area (Å²) in [5, 5.41) is 14.2. The molecule has 138 valence electrons. The summed E-state index contributed by atoms with van der Waals surface area (Å²) in [6.45, 7) is 1.28. The summed E-state index contributed by atoms with van der Waals surface area (Å²) >= 11 is 0. The van der Waals surface area contributed by atoms with Gasteiger partial charge in [-0.15, -0.1) is 0 Å². The van der Waals surface area contributed by atoms with Gasteiger partial charge in [-0.05, 0) is 37.5 Å². The van der Waals surface area contributed by atoms with Crippen LogP contribution in [0.3, 0.4) is 0 Å². The number of halogens is 3. The average molecular weight is 367 g/mol. The van der Waals surface area contributed by atoms with E-state index in [9.17, 15) is 23.3 Å². The van der Waals surface area contributed by atoms with Crippen LogP contribution in [0.15, 0.2) is 30.6 Å². The molecule has 1 saturated heterocycles. The number of rotatable bonds is 4. The van der Waals surface area contributed by atoms with Gasteiger partial charge in [-0.2, -0.15) is 13.2 Å². The molecule has 3 rings (SSSR count). The van der Waals surface area contributed by atoms with Crippen molar-refractivity contribution in [1.29, 1.82) is 0 Å². The number of piperidine rings is 1. The highest BCUT2D eigenvalue weighted by molar-refractivity contribution is 5.74. The Bertz CT molecular complexity index is 807. The van der Waals surface area contributed by atoms with E-state index in [4.69, 9.17) is 0 Å². The quantitative estimate of drug-likeness (QED) is 0.646. The Kier molecular flexibility index (Phi) is 4.92. The predicted molar refractivity (Wildman–Crippen MR) is 89.5 cm³/mol. The molecule has 7 nitrogen and oxygen atoms in total. The summed E-state index contributed by atoms with van der Waals surface area (Å²) in [5.74, 6) is 0.0454. The first-order valence-electron chi connectivity index (χ1n) is 8.05. The normalized spacial score (nSPS) is 15.0. The van der Waals surface area contributed by atoms with E-state index in [0.717, 1.165) is 31.4 Å². The van der Waals surface area contributed by atoms with E-state index >= 15 is 0 Å². The second-order valence-electron chi connectivity index (χ2n) is 5.90. The monoisotopic (exact) mass is 367 g/mol. The molecule has 26 heavy (non-hydrogen) atoms. The van der Waals surface area contributed by atoms with E-state index in [1.807, 2.05) is 0 Å². The molecule has 1 aromatic carbocycles. The molecule has 2 heterocycles. The van der Waals surface area contributed by atoms with Crippen molar-refractivity contribution in [3.05, 3.63) is 46.3 Å². The van der Waals surface area contributed by atoms with Crippen molar-refractivity contribution in [2.24, 2.45) is 0 Å². The summed E-state index contributed by atoms with van der Waals surface area (Å²) in [5.41, 5.74) is -1.13. The number of nitrogens with one attached hydrogen (secondary N) is 1. The number of alkyl halides is 3. The molecule has 0 radical (unpaired) electrons. The van der Waals surface area contributed by atoms with Crippen molar-refractivity contribution < 1.29 is 18.1 Å². The van der Waals surface area contributed by atoms with E-state index in [2.05, 4.69) is 15.3 Å². The van der Waals surface area contributed by atoms with Gasteiger partial charge in [-0.3, -0.25) is 10.1 Å². The van der Waals surface area contributed by atoms with Crippen LogP contribution in [0.4, 0.5) is 36.2 Å². The number of benzene rings is 1. The van der Waals surface area contributed by atoms with Gasteiger partial charge in [0, 0.05) is 18.8 Å². The van der Waals surface area contributed by atoms with Crippen LogP contribution in [-0.4, -0.2) is 28.0 Å². The lowest BCUT2D eigenvalue weighted by Crippen LogP contribution is -2.31. The van der Waals surface area contributed by atoms with Crippen molar-refractivity contribution in [3.8, 4) is 0 Å². The topological polar surface area (TPSA) is 84.2 Å². The van der Waals surface area contributed by atoms with Crippen molar-refractivity contribution in [3.63, 3.8) is 0 Å². The van der Waals surface area contributed by atoms with Crippen molar-refractivity contribution in [2.45, 2.75) is 25.4 Å². The van der Waals surface area contributed by atoms with Crippen LogP contribution in [0.2, 0.25) is 0 Å². The third kappa shape index (κ3) is 3.84. The van der Waals surface area contributed by atoms with Crippen LogP contribution in [0.1, 0.15) is 24.8 Å². The molecular weight excluding hydrogens is 351 g/mol. The van der Waals surface area contributed by atoms with Gasteiger partial charge in [0.15, 0.2) is 0 Å². The first-order chi connectivity index (χ1) is 12.4. The lowest BCUT2D eigenvalue weighted by Gasteiger charge is -2.27. The molecule has 1 aliphatic heterocycles. The third-order valence-corrected chi connectivity index (χ3v) is 4.09. The molecular formula is C16H16F3N5O2. The summed E-state index contributed by atoms with van der Waals surface area (Å²) in [6.07, 6.45) is -0.485. The molecule has 0 atom stereocenters. The molecule has 0 saturated carbocycles. The summed E-state index contributed by atoms with van der Waals surface area (Å²) in [4.78, 5) is 20.7. The van der Waals surface area contributed by atoms with Gasteiger partial charge in [0.05, 0.1) is 10.5 Å². The Hall–Kier alpha value is -2.91. The van der Waals surface area contributed by atoms with Gasteiger partial charge in [0.2, 0.25) is 11.6 Å². The number of anilines is 3. The summed E-state index contributed by atoms with van der Waals surface area (Å²) in [7, 11) is 0. The summed E-state index contributed by atoms with van der Waals surface area (Å²) in [6, 6.07) is 4.43. The van der Waals surface area contributed by atoms with Crippen LogP contribution >= 0.6 is 0 Å². The van der Waals surface area contributed by atoms with Gasteiger partial charge in [-0.25, -0.2) is 9.97 Å². The maximum atomic E-state index is 12.9. The number of nitro groups is 1. The lowest BCUT2D eigenvalue weighted by atomic mass is 10.1. The van der Waals surface area contributed by atoms with Crippen molar-refractivity contribution in [1.82, 2.24) is 9.97 Å². The fourth-order valence-electron chi connectivity index (χ4n) is 2.88. The van der Waals surface area contributed by atoms with Crippen LogP contribution < -0.4 is 10.2 Å². The molecule has 2 aromatic rings. The molecule has 10 heteroatoms. The minimum atomic E-state index is -4.51. The molecule has 1 aromatic heterocycles. The standard InChI is InChI=1S/C16H16F3N5O2/c17-16(18,19)11-5-4-6-12(9-11)22-14-13(24(25)26)15(21-10-20-14)23-7-2-1-3-8-23/h4-6,9-10H,1-3,7-8H2,(H,20,21,22). The zero-order valence-electron chi connectivity index (χ0n) is 13.7. The van der Waals surface area contributed by atoms with Crippen LogP contribution in [-0.2, 0) is 6.18 Å². The smallest absolute Gasteiger partial charge is 0.351 e. The number of nitrogens with zero attached hydrogens (tertiary/aromatic N) is 4. The second kappa shape index (κ2) is 7.14. The number of hydrogen-bond donors (Lipinski definition) is 1. The lowest BCUT2D eigenvalue weighted by molar-refractivity contribution is -0.383. The first-order valence-corrected chi connectivity index (χ1v) is 8.05. The average Bonchev–Trinajstić information content (AvgIpc) is 2.61. The molecule has 0 amide bonds. The van der Waals surface area contributed by atoms with Crippen molar-refractivity contribution >= 4 is 23.0 Å². The van der Waals surface area contributed by atoms with Gasteiger partial charge in [-0.1, -0.05) is 6.07 Å². The molecule has 0 spiro atoms. The van der Waals surface area contributed by atoms with E-state index in [1.54, 1.807) is 4.90 Å². The Morgan fingerprint density at radius 2 is 1.88 bits per heavy atom. The Balaban J connectivity index is 1.96. The zero-order chi connectivity index (χ0) is 18.7. The fourth-order valence-corrected chi connectivity index (χ4v) is 2.88. The maximum absolute atomic E-state index is 12.9. The molecule has 0 bridgehead atoms. The minimum Gasteiger partial charge on any atom is -0.351 e. The molecule has 1 fully saturated rings. The Labute approximate surface area is 147 Å². The largest absolute Gasteiger partial charge is 0.416 e. The minimum absolute atomic E-state index is 0.0613. The van der Waals surface area contributed by atoms with Crippen LogP contribution in [0.25, 0.3) is 0 Å². The van der Waals surface area contributed by atoms with Gasteiger partial charge < -0.3 is 10.2 Å². The summed E-state index contributed by atoms with van der Waals surface area (Å²) < 4.78 is 38.6. The van der Waals surface area contributed by atoms with Gasteiger partial charge in [0.1, 0.15) is 6.33 Å². The maximum Gasteiger partial charge on any atom is 0.416 e. The van der Waals surface area contributed by atoms with E-state index < -0.39 is 16.7 Å². The van der Waals surface area contributed by atoms with Crippen LogP contribution in [0.5, 0.6) is 0 Å².